The van der Waals surface area contributed by atoms with Crippen LogP contribution in [-0.4, -0.2) is 34.1 Å². The Hall–Kier alpha value is -2.18. The normalized spacial score (nSPS) is 8.92. The number of hydrogen-bond donors (Lipinski definition) is 3. The predicted octanol–water partition coefficient (Wildman–Crippen LogP) is 3.84. The van der Waals surface area contributed by atoms with Gasteiger partial charge in [0, 0.05) is 29.6 Å². The van der Waals surface area contributed by atoms with Crippen LogP contribution in [0.15, 0.2) is 36.7 Å². The van der Waals surface area contributed by atoms with Crippen molar-refractivity contribution < 1.29 is 9.90 Å². The van der Waals surface area contributed by atoms with Gasteiger partial charge in [-0.2, -0.15) is 0 Å². The van der Waals surface area contributed by atoms with Crippen LogP contribution in [0.5, 0.6) is 0 Å². The zero-order valence-corrected chi connectivity index (χ0v) is 15.3. The quantitative estimate of drug-likeness (QED) is 0.761. The molecular formula is C17H25ClN4O2. The van der Waals surface area contributed by atoms with Crippen LogP contribution < -0.4 is 10.6 Å². The number of aliphatic hydroxyl groups is 1. The number of nitrogens with one attached hydrogen (secondary N) is 2. The minimum Gasteiger partial charge on any atom is -0.395 e. The molecule has 6 nitrogen and oxygen atoms in total. The topological polar surface area (TPSA) is 87.1 Å². The van der Waals surface area contributed by atoms with Crippen molar-refractivity contribution in [2.24, 2.45) is 0 Å². The summed E-state index contributed by atoms with van der Waals surface area (Å²) in [6, 6.07) is 6.74. The molecule has 1 amide bonds. The fraction of sp³-hybridized carbons (Fsp3) is 0.353. The largest absolute Gasteiger partial charge is 0.395 e. The van der Waals surface area contributed by atoms with Crippen molar-refractivity contribution in [2.45, 2.75) is 27.7 Å². The number of nitrogens with zero attached hydrogens (tertiary/aromatic N) is 2. The summed E-state index contributed by atoms with van der Waals surface area (Å²) in [6.45, 7) is 8.23. The van der Waals surface area contributed by atoms with Crippen molar-refractivity contribution in [2.75, 3.05) is 23.8 Å². The molecule has 0 saturated heterocycles. The van der Waals surface area contributed by atoms with Gasteiger partial charge in [-0.25, -0.2) is 9.97 Å². The van der Waals surface area contributed by atoms with Gasteiger partial charge in [-0.1, -0.05) is 39.3 Å². The third-order valence-corrected chi connectivity index (χ3v) is 2.67. The van der Waals surface area contributed by atoms with Crippen molar-refractivity contribution in [1.82, 2.24) is 9.97 Å². The van der Waals surface area contributed by atoms with E-state index < -0.39 is 0 Å². The van der Waals surface area contributed by atoms with E-state index in [1.165, 1.54) is 12.4 Å². The van der Waals surface area contributed by atoms with Crippen LogP contribution in [0.2, 0.25) is 5.02 Å². The van der Waals surface area contributed by atoms with Crippen LogP contribution in [0.1, 0.15) is 38.2 Å². The predicted molar refractivity (Wildman–Crippen MR) is 99.7 cm³/mol. The van der Waals surface area contributed by atoms with E-state index in [1.54, 1.807) is 24.3 Å². The summed E-state index contributed by atoms with van der Waals surface area (Å²) in [5.41, 5.74) is 0.772. The number of anilines is 2. The molecule has 2 rings (SSSR count). The summed E-state index contributed by atoms with van der Waals surface area (Å²) in [4.78, 5) is 20.2. The van der Waals surface area contributed by atoms with Gasteiger partial charge in [0.1, 0.15) is 0 Å². The Morgan fingerprint density at radius 3 is 2.25 bits per heavy atom. The second-order valence-corrected chi connectivity index (χ2v) is 4.30. The summed E-state index contributed by atoms with van der Waals surface area (Å²) in [5.74, 6) is -0.0612. The van der Waals surface area contributed by atoms with Crippen LogP contribution in [0.25, 0.3) is 0 Å². The first-order valence-electron chi connectivity index (χ1n) is 7.93. The van der Waals surface area contributed by atoms with Gasteiger partial charge in [0.05, 0.1) is 6.61 Å². The number of benzene rings is 1. The second-order valence-electron chi connectivity index (χ2n) is 3.86. The van der Waals surface area contributed by atoms with E-state index in [0.717, 1.165) is 0 Å². The standard InChI is InChI=1S/C13H13ClN4O2.2C2H6/c14-9-1-3-10(4-2-9)18-13(20)11-12(17-7-8-19)16-6-5-15-11;2*1-2/h1-6,19H,7-8H2,(H,16,17)(H,18,20);2*1-2H3. The van der Waals surface area contributed by atoms with Gasteiger partial charge in [0.2, 0.25) is 0 Å². The van der Waals surface area contributed by atoms with Gasteiger partial charge in [-0.15, -0.1) is 0 Å². The van der Waals surface area contributed by atoms with Crippen LogP contribution in [0, 0.1) is 0 Å². The van der Waals surface area contributed by atoms with E-state index in [4.69, 9.17) is 16.7 Å². The molecule has 0 bridgehead atoms. The molecule has 2 aromatic rings. The number of halogens is 1. The van der Waals surface area contributed by atoms with E-state index in [-0.39, 0.29) is 18.2 Å². The van der Waals surface area contributed by atoms with Crippen LogP contribution in [0.4, 0.5) is 11.5 Å². The minimum atomic E-state index is -0.388. The van der Waals surface area contributed by atoms with Gasteiger partial charge in [0.15, 0.2) is 11.5 Å². The molecule has 3 N–H and O–H groups in total. The fourth-order valence-electron chi connectivity index (χ4n) is 1.53. The molecule has 0 atom stereocenters. The highest BCUT2D eigenvalue weighted by molar-refractivity contribution is 6.30. The van der Waals surface area contributed by atoms with Crippen molar-refractivity contribution >= 4 is 29.0 Å². The number of hydrogen-bond acceptors (Lipinski definition) is 5. The van der Waals surface area contributed by atoms with Gasteiger partial charge in [-0.3, -0.25) is 4.79 Å². The Balaban J connectivity index is 0.00000123. The Bertz CT molecular complexity index is 591. The van der Waals surface area contributed by atoms with Crippen molar-refractivity contribution in [3.8, 4) is 0 Å². The van der Waals surface area contributed by atoms with Gasteiger partial charge >= 0.3 is 0 Å². The van der Waals surface area contributed by atoms with E-state index in [2.05, 4.69) is 20.6 Å². The third kappa shape index (κ3) is 7.39. The lowest BCUT2D eigenvalue weighted by Crippen LogP contribution is -2.18. The highest BCUT2D eigenvalue weighted by Crippen LogP contribution is 2.15. The summed E-state index contributed by atoms with van der Waals surface area (Å²) in [6.07, 6.45) is 2.90. The average molecular weight is 353 g/mol. The zero-order valence-electron chi connectivity index (χ0n) is 14.5. The molecule has 0 fully saturated rings. The molecule has 132 valence electrons. The minimum absolute atomic E-state index is 0.0607. The molecular weight excluding hydrogens is 328 g/mol. The van der Waals surface area contributed by atoms with Gasteiger partial charge < -0.3 is 15.7 Å². The van der Waals surface area contributed by atoms with Crippen LogP contribution in [-0.2, 0) is 0 Å². The first kappa shape index (κ1) is 21.8. The van der Waals surface area contributed by atoms with Crippen LogP contribution >= 0.6 is 11.6 Å². The highest BCUT2D eigenvalue weighted by Gasteiger charge is 2.14. The first-order valence-corrected chi connectivity index (χ1v) is 8.31. The number of rotatable bonds is 5. The maximum absolute atomic E-state index is 12.1. The third-order valence-electron chi connectivity index (χ3n) is 2.42. The fourth-order valence-corrected chi connectivity index (χ4v) is 1.66. The number of aromatic nitrogens is 2. The molecule has 24 heavy (non-hydrogen) atoms. The maximum Gasteiger partial charge on any atom is 0.278 e. The molecule has 0 aliphatic heterocycles. The molecule has 0 saturated carbocycles. The summed E-state index contributed by atoms with van der Waals surface area (Å²) in [7, 11) is 0. The van der Waals surface area contributed by atoms with Crippen molar-refractivity contribution in [1.29, 1.82) is 0 Å². The van der Waals surface area contributed by atoms with Crippen molar-refractivity contribution in [3.05, 3.63) is 47.4 Å². The zero-order chi connectivity index (χ0) is 18.4. The summed E-state index contributed by atoms with van der Waals surface area (Å²) < 4.78 is 0. The van der Waals surface area contributed by atoms with E-state index in [9.17, 15) is 4.79 Å². The van der Waals surface area contributed by atoms with Gasteiger partial charge in [-0.05, 0) is 24.3 Å². The van der Waals surface area contributed by atoms with Crippen molar-refractivity contribution in [3.63, 3.8) is 0 Å². The molecule has 1 aromatic heterocycles. The second kappa shape index (κ2) is 13.3. The number of amides is 1. The SMILES string of the molecule is CC.CC.O=C(Nc1ccc(Cl)cc1)c1nccnc1NCCO. The molecule has 7 heteroatoms. The lowest BCUT2D eigenvalue weighted by Gasteiger charge is -2.09. The Morgan fingerprint density at radius 2 is 1.67 bits per heavy atom. The monoisotopic (exact) mass is 352 g/mol. The molecule has 1 heterocycles. The lowest BCUT2D eigenvalue weighted by atomic mass is 10.3. The Morgan fingerprint density at radius 1 is 1.08 bits per heavy atom. The van der Waals surface area contributed by atoms with Crippen LogP contribution in [0.3, 0.4) is 0 Å². The Kier molecular flexibility index (Phi) is 12.1. The molecule has 0 unspecified atom stereocenters. The van der Waals surface area contributed by atoms with E-state index in [0.29, 0.717) is 23.1 Å². The van der Waals surface area contributed by atoms with E-state index in [1.807, 2.05) is 27.7 Å². The lowest BCUT2D eigenvalue weighted by molar-refractivity contribution is 0.102. The number of aliphatic hydroxyl groups excluding tert-OH is 1. The first-order chi connectivity index (χ1) is 11.7. The Labute approximate surface area is 148 Å². The summed E-state index contributed by atoms with van der Waals surface area (Å²) >= 11 is 5.78. The molecule has 0 aliphatic rings. The van der Waals surface area contributed by atoms with E-state index >= 15 is 0 Å². The maximum atomic E-state index is 12.1. The molecule has 1 aromatic carbocycles. The number of carbonyl (C=O) groups excluding carboxylic acids is 1. The molecule has 0 radical (unpaired) electrons. The number of carbonyl (C=O) groups is 1. The summed E-state index contributed by atoms with van der Waals surface area (Å²) in [5, 5.41) is 14.9. The van der Waals surface area contributed by atoms with Gasteiger partial charge in [0.25, 0.3) is 5.91 Å². The molecule has 0 spiro atoms. The average Bonchev–Trinajstić information content (AvgIpc) is 2.65. The highest BCUT2D eigenvalue weighted by atomic mass is 35.5. The molecule has 0 aliphatic carbocycles. The smallest absolute Gasteiger partial charge is 0.278 e.